The number of benzene rings is 2. The molecule has 0 radical (unpaired) electrons. The van der Waals surface area contributed by atoms with Gasteiger partial charge in [0.15, 0.2) is 9.84 Å². The Morgan fingerprint density at radius 2 is 1.54 bits per heavy atom. The van der Waals surface area contributed by atoms with E-state index in [4.69, 9.17) is 0 Å². The minimum atomic E-state index is -3.76. The van der Waals surface area contributed by atoms with E-state index in [2.05, 4.69) is 5.32 Å². The third-order valence-electron chi connectivity index (χ3n) is 3.99. The Balaban J connectivity index is 2.13. The van der Waals surface area contributed by atoms with Crippen LogP contribution in [0, 0.1) is 5.82 Å². The lowest BCUT2D eigenvalue weighted by molar-refractivity contribution is -0.120. The fraction of sp³-hybridized carbons (Fsp3) is 0.278. The number of hydrogen-bond acceptors (Lipinski definition) is 5. The van der Waals surface area contributed by atoms with Gasteiger partial charge in [-0.05, 0) is 48.9 Å². The van der Waals surface area contributed by atoms with Crippen LogP contribution in [0.2, 0.25) is 0 Å². The molecular formula is C18H21FN2O5S2. The number of carbonyl (C=O) groups excluding carboxylic acids is 1. The highest BCUT2D eigenvalue weighted by atomic mass is 32.2. The maximum absolute atomic E-state index is 13.1. The number of sulfonamides is 1. The molecule has 2 aromatic rings. The van der Waals surface area contributed by atoms with Crippen molar-refractivity contribution in [2.24, 2.45) is 0 Å². The second-order valence-electron chi connectivity index (χ2n) is 6.38. The van der Waals surface area contributed by atoms with Gasteiger partial charge in [0, 0.05) is 6.26 Å². The SMILES string of the molecule is CC(NC(=O)CN(c1ccc(F)cc1)S(C)(=O)=O)c1ccc(S(C)(=O)=O)cc1. The van der Waals surface area contributed by atoms with Crippen LogP contribution < -0.4 is 9.62 Å². The second-order valence-corrected chi connectivity index (χ2v) is 10.3. The summed E-state index contributed by atoms with van der Waals surface area (Å²) in [5, 5.41) is 2.67. The highest BCUT2D eigenvalue weighted by Gasteiger charge is 2.22. The zero-order valence-corrected chi connectivity index (χ0v) is 17.2. The summed E-state index contributed by atoms with van der Waals surface area (Å²) in [6.45, 7) is 1.21. The molecule has 1 N–H and O–H groups in total. The summed E-state index contributed by atoms with van der Waals surface area (Å²) in [5.41, 5.74) is 0.831. The van der Waals surface area contributed by atoms with Crippen molar-refractivity contribution < 1.29 is 26.0 Å². The van der Waals surface area contributed by atoms with Gasteiger partial charge in [0.25, 0.3) is 0 Å². The third kappa shape index (κ3) is 5.77. The lowest BCUT2D eigenvalue weighted by Gasteiger charge is -2.23. The van der Waals surface area contributed by atoms with E-state index in [-0.39, 0.29) is 10.6 Å². The quantitative estimate of drug-likeness (QED) is 0.726. The minimum absolute atomic E-state index is 0.161. The van der Waals surface area contributed by atoms with Crippen LogP contribution >= 0.6 is 0 Å². The Bertz CT molecular complexity index is 1050. The monoisotopic (exact) mass is 428 g/mol. The van der Waals surface area contributed by atoms with Gasteiger partial charge in [-0.15, -0.1) is 0 Å². The zero-order valence-electron chi connectivity index (χ0n) is 15.6. The molecule has 152 valence electrons. The fourth-order valence-corrected chi connectivity index (χ4v) is 4.00. The molecule has 1 amide bonds. The first-order valence-corrected chi connectivity index (χ1v) is 11.9. The molecule has 28 heavy (non-hydrogen) atoms. The number of halogens is 1. The van der Waals surface area contributed by atoms with Crippen LogP contribution in [0.4, 0.5) is 10.1 Å². The van der Waals surface area contributed by atoms with Crippen LogP contribution in [0.3, 0.4) is 0 Å². The van der Waals surface area contributed by atoms with Gasteiger partial charge in [0.1, 0.15) is 12.4 Å². The predicted molar refractivity (Wildman–Crippen MR) is 105 cm³/mol. The molecule has 0 fully saturated rings. The molecule has 0 saturated carbocycles. The summed E-state index contributed by atoms with van der Waals surface area (Å²) in [7, 11) is -7.09. The molecule has 0 heterocycles. The van der Waals surface area contributed by atoms with Crippen LogP contribution in [-0.2, 0) is 24.7 Å². The zero-order chi connectivity index (χ0) is 21.1. The first-order valence-electron chi connectivity index (χ1n) is 8.20. The molecule has 1 atom stereocenters. The van der Waals surface area contributed by atoms with Crippen LogP contribution in [-0.4, -0.2) is 41.8 Å². The summed E-state index contributed by atoms with van der Waals surface area (Å²) in [6, 6.07) is 10.3. The molecule has 0 saturated heterocycles. The fourth-order valence-electron chi connectivity index (χ4n) is 2.51. The van der Waals surface area contributed by atoms with Crippen molar-refractivity contribution in [1.29, 1.82) is 0 Å². The summed E-state index contributed by atoms with van der Waals surface area (Å²) in [6.07, 6.45) is 2.05. The molecule has 0 spiro atoms. The van der Waals surface area contributed by atoms with Gasteiger partial charge in [-0.25, -0.2) is 21.2 Å². The predicted octanol–water partition coefficient (Wildman–Crippen LogP) is 1.87. The van der Waals surface area contributed by atoms with Crippen molar-refractivity contribution in [2.45, 2.75) is 17.9 Å². The van der Waals surface area contributed by atoms with E-state index in [9.17, 15) is 26.0 Å². The molecule has 7 nitrogen and oxygen atoms in total. The second kappa shape index (κ2) is 8.27. The van der Waals surface area contributed by atoms with Gasteiger partial charge >= 0.3 is 0 Å². The minimum Gasteiger partial charge on any atom is -0.348 e. The molecule has 2 aromatic carbocycles. The van der Waals surface area contributed by atoms with E-state index in [0.717, 1.165) is 28.9 Å². The lowest BCUT2D eigenvalue weighted by atomic mass is 10.1. The van der Waals surface area contributed by atoms with Gasteiger partial charge < -0.3 is 5.32 Å². The van der Waals surface area contributed by atoms with Crippen molar-refractivity contribution in [3.05, 3.63) is 59.9 Å². The molecule has 2 rings (SSSR count). The molecular weight excluding hydrogens is 407 g/mol. The van der Waals surface area contributed by atoms with Crippen LogP contribution in [0.5, 0.6) is 0 Å². The number of rotatable bonds is 7. The Morgan fingerprint density at radius 3 is 2.00 bits per heavy atom. The first kappa shape index (κ1) is 21.8. The largest absolute Gasteiger partial charge is 0.348 e. The van der Waals surface area contributed by atoms with Crippen molar-refractivity contribution in [3.63, 3.8) is 0 Å². The van der Waals surface area contributed by atoms with E-state index in [1.54, 1.807) is 19.1 Å². The van der Waals surface area contributed by atoms with E-state index in [1.165, 1.54) is 24.3 Å². The summed E-state index contributed by atoms with van der Waals surface area (Å²) in [5.74, 6) is -1.08. The Hall–Kier alpha value is -2.46. The summed E-state index contributed by atoms with van der Waals surface area (Å²) < 4.78 is 61.0. The Labute approximate surface area is 164 Å². The van der Waals surface area contributed by atoms with Crippen molar-refractivity contribution in [1.82, 2.24) is 5.32 Å². The molecule has 0 aliphatic heterocycles. The van der Waals surface area contributed by atoms with E-state index < -0.39 is 44.2 Å². The number of nitrogens with one attached hydrogen (secondary N) is 1. The maximum atomic E-state index is 13.1. The van der Waals surface area contributed by atoms with E-state index in [0.29, 0.717) is 5.56 Å². The number of amides is 1. The maximum Gasteiger partial charge on any atom is 0.241 e. The first-order chi connectivity index (χ1) is 12.9. The van der Waals surface area contributed by atoms with Crippen LogP contribution in [0.1, 0.15) is 18.5 Å². The highest BCUT2D eigenvalue weighted by Crippen LogP contribution is 2.19. The van der Waals surface area contributed by atoms with Gasteiger partial charge in [0.05, 0.1) is 22.9 Å². The van der Waals surface area contributed by atoms with Gasteiger partial charge in [0.2, 0.25) is 15.9 Å². The smallest absolute Gasteiger partial charge is 0.241 e. The van der Waals surface area contributed by atoms with Gasteiger partial charge in [-0.1, -0.05) is 12.1 Å². The lowest BCUT2D eigenvalue weighted by Crippen LogP contribution is -2.41. The van der Waals surface area contributed by atoms with Crippen LogP contribution in [0.15, 0.2) is 53.4 Å². The van der Waals surface area contributed by atoms with Crippen molar-refractivity contribution in [3.8, 4) is 0 Å². The number of hydrogen-bond donors (Lipinski definition) is 1. The van der Waals surface area contributed by atoms with Gasteiger partial charge in [-0.3, -0.25) is 9.10 Å². The molecule has 0 aliphatic rings. The normalized spacial score (nSPS) is 13.0. The van der Waals surface area contributed by atoms with E-state index >= 15 is 0 Å². The van der Waals surface area contributed by atoms with Crippen molar-refractivity contribution >= 4 is 31.5 Å². The molecule has 10 heteroatoms. The van der Waals surface area contributed by atoms with Crippen LogP contribution in [0.25, 0.3) is 0 Å². The highest BCUT2D eigenvalue weighted by molar-refractivity contribution is 7.92. The average Bonchev–Trinajstić information content (AvgIpc) is 2.59. The van der Waals surface area contributed by atoms with E-state index in [1.807, 2.05) is 0 Å². The molecule has 0 bridgehead atoms. The molecule has 0 aromatic heterocycles. The number of nitrogens with zero attached hydrogens (tertiary/aromatic N) is 1. The Kier molecular flexibility index (Phi) is 6.45. The number of carbonyl (C=O) groups is 1. The molecule has 0 aliphatic carbocycles. The Morgan fingerprint density at radius 1 is 1.00 bits per heavy atom. The van der Waals surface area contributed by atoms with Crippen molar-refractivity contribution in [2.75, 3.05) is 23.4 Å². The summed E-state index contributed by atoms with van der Waals surface area (Å²) >= 11 is 0. The summed E-state index contributed by atoms with van der Waals surface area (Å²) in [4.78, 5) is 12.5. The number of sulfone groups is 1. The standard InChI is InChI=1S/C18H21FN2O5S2/c1-13(14-4-10-17(11-5-14)27(2,23)24)20-18(22)12-21(28(3,25)26)16-8-6-15(19)7-9-16/h4-11,13H,12H2,1-3H3,(H,20,22). The average molecular weight is 429 g/mol. The topological polar surface area (TPSA) is 101 Å². The third-order valence-corrected chi connectivity index (χ3v) is 6.26. The number of anilines is 1. The molecule has 1 unspecified atom stereocenters. The van der Waals surface area contributed by atoms with Gasteiger partial charge in [-0.2, -0.15) is 0 Å².